The maximum Gasteiger partial charge on any atom is 0.328 e. The number of carbonyl (C=O) groups excluding carboxylic acids is 1. The van der Waals surface area contributed by atoms with Crippen LogP contribution < -0.4 is 11.2 Å². The molecule has 1 aromatic heterocycles. The summed E-state index contributed by atoms with van der Waals surface area (Å²) in [7, 11) is 0. The highest BCUT2D eigenvalue weighted by Gasteiger charge is 2.10. The fraction of sp³-hybridized carbons (Fsp3) is 0.267. The molecule has 5 nitrogen and oxygen atoms in total. The van der Waals surface area contributed by atoms with Gasteiger partial charge in [-0.2, -0.15) is 0 Å². The Hall–Kier alpha value is -1.95. The van der Waals surface area contributed by atoms with Gasteiger partial charge in [-0.25, -0.2) is 4.79 Å². The normalized spacial score (nSPS) is 10.9. The molecule has 0 aliphatic carbocycles. The van der Waals surface area contributed by atoms with Gasteiger partial charge in [0.05, 0.1) is 11.0 Å². The van der Waals surface area contributed by atoms with Gasteiger partial charge in [0.15, 0.2) is 5.78 Å². The third-order valence-electron chi connectivity index (χ3n) is 3.18. The summed E-state index contributed by atoms with van der Waals surface area (Å²) in [4.78, 5) is 37.2. The van der Waals surface area contributed by atoms with Gasteiger partial charge < -0.3 is 0 Å². The molecule has 0 aliphatic rings. The van der Waals surface area contributed by atoms with E-state index in [1.807, 2.05) is 12.1 Å². The van der Waals surface area contributed by atoms with E-state index < -0.39 is 11.2 Å². The number of Topliss-reactive ketones (excluding diaryl/α,β-unsaturated/α-hetero) is 1. The van der Waals surface area contributed by atoms with Crippen LogP contribution in [0.1, 0.15) is 35.7 Å². The maximum absolute atomic E-state index is 12.2. The van der Waals surface area contributed by atoms with E-state index in [0.717, 1.165) is 5.56 Å². The lowest BCUT2D eigenvalue weighted by molar-refractivity contribution is 0.0970. The van der Waals surface area contributed by atoms with Gasteiger partial charge in [0, 0.05) is 11.8 Å². The Labute approximate surface area is 129 Å². The number of rotatable bonds is 4. The van der Waals surface area contributed by atoms with Crippen LogP contribution in [0.5, 0.6) is 0 Å². The summed E-state index contributed by atoms with van der Waals surface area (Å²) in [6.07, 6.45) is 1.32. The van der Waals surface area contributed by atoms with Crippen molar-refractivity contribution in [3.05, 3.63) is 66.9 Å². The number of carbonyl (C=O) groups is 1. The largest absolute Gasteiger partial charge is 0.328 e. The molecule has 1 aromatic carbocycles. The minimum Gasteiger partial charge on any atom is -0.292 e. The predicted molar refractivity (Wildman–Crippen MR) is 83.9 cm³/mol. The van der Waals surface area contributed by atoms with Crippen molar-refractivity contribution in [3.8, 4) is 0 Å². The molecule has 1 N–H and O–H groups in total. The molecule has 0 saturated heterocycles. The first kappa shape index (κ1) is 15.4. The number of H-pyrrole nitrogens is 1. The van der Waals surface area contributed by atoms with Crippen molar-refractivity contribution < 1.29 is 4.79 Å². The Bertz CT molecular complexity index is 773. The van der Waals surface area contributed by atoms with Gasteiger partial charge >= 0.3 is 5.69 Å². The Kier molecular flexibility index (Phi) is 4.57. The highest BCUT2D eigenvalue weighted by atomic mass is 79.9. The van der Waals surface area contributed by atoms with Crippen molar-refractivity contribution in [2.24, 2.45) is 0 Å². The first-order valence-electron chi connectivity index (χ1n) is 6.51. The Morgan fingerprint density at radius 1 is 1.24 bits per heavy atom. The number of hydrogen-bond acceptors (Lipinski definition) is 3. The molecule has 0 spiro atoms. The molecular formula is C15H15BrN2O3. The van der Waals surface area contributed by atoms with Crippen molar-refractivity contribution in [3.63, 3.8) is 0 Å². The second-order valence-corrected chi connectivity index (χ2v) is 5.92. The molecular weight excluding hydrogens is 336 g/mol. The van der Waals surface area contributed by atoms with Crippen LogP contribution in [0.4, 0.5) is 0 Å². The molecule has 0 fully saturated rings. The standard InChI is InChI=1S/C15H15BrN2O3/c1-9(2)10-3-5-11(6-4-10)13(19)8-18-7-12(16)14(20)17-15(18)21/h3-7,9H,8H2,1-2H3,(H,17,20,21). The van der Waals surface area contributed by atoms with Crippen LogP contribution in [0.3, 0.4) is 0 Å². The first-order valence-corrected chi connectivity index (χ1v) is 7.30. The quantitative estimate of drug-likeness (QED) is 0.860. The summed E-state index contributed by atoms with van der Waals surface area (Å²) in [5, 5.41) is 0. The summed E-state index contributed by atoms with van der Waals surface area (Å²) in [6.45, 7) is 4.04. The molecule has 1 heterocycles. The number of halogens is 1. The zero-order chi connectivity index (χ0) is 15.6. The number of benzene rings is 1. The van der Waals surface area contributed by atoms with Crippen LogP contribution in [0.2, 0.25) is 0 Å². The van der Waals surface area contributed by atoms with Gasteiger partial charge in [0.2, 0.25) is 0 Å². The molecule has 2 aromatic rings. The molecule has 6 heteroatoms. The summed E-state index contributed by atoms with van der Waals surface area (Å²) in [5.74, 6) is 0.207. The van der Waals surface area contributed by atoms with Crippen molar-refractivity contribution in [2.45, 2.75) is 26.3 Å². The first-order chi connectivity index (χ1) is 9.88. The average molecular weight is 351 g/mol. The molecule has 21 heavy (non-hydrogen) atoms. The number of nitrogens with zero attached hydrogens (tertiary/aromatic N) is 1. The van der Waals surface area contributed by atoms with Gasteiger partial charge in [0.25, 0.3) is 5.56 Å². The monoisotopic (exact) mass is 350 g/mol. The van der Waals surface area contributed by atoms with Gasteiger partial charge in [-0.1, -0.05) is 38.1 Å². The van der Waals surface area contributed by atoms with Crippen molar-refractivity contribution in [1.29, 1.82) is 0 Å². The number of nitrogens with one attached hydrogen (secondary N) is 1. The van der Waals surface area contributed by atoms with Crippen LogP contribution in [0, 0.1) is 0 Å². The van der Waals surface area contributed by atoms with Gasteiger partial charge in [-0.05, 0) is 27.4 Å². The molecule has 0 bridgehead atoms. The molecule has 110 valence electrons. The highest BCUT2D eigenvalue weighted by molar-refractivity contribution is 9.10. The molecule has 2 rings (SSSR count). The molecule has 0 saturated carbocycles. The zero-order valence-corrected chi connectivity index (χ0v) is 13.3. The molecule has 0 atom stereocenters. The van der Waals surface area contributed by atoms with E-state index in [9.17, 15) is 14.4 Å². The second-order valence-electron chi connectivity index (χ2n) is 5.06. The predicted octanol–water partition coefficient (Wildman–Crippen LogP) is 2.31. The summed E-state index contributed by atoms with van der Waals surface area (Å²) in [5.41, 5.74) is 0.574. The molecule has 0 amide bonds. The van der Waals surface area contributed by atoms with Crippen LogP contribution in [0.15, 0.2) is 44.5 Å². The number of aromatic nitrogens is 2. The van der Waals surface area contributed by atoms with E-state index >= 15 is 0 Å². The Morgan fingerprint density at radius 2 is 1.86 bits per heavy atom. The second kappa shape index (κ2) is 6.22. The average Bonchev–Trinajstić information content (AvgIpc) is 2.44. The Balaban J connectivity index is 2.24. The topological polar surface area (TPSA) is 71.9 Å². The number of aromatic amines is 1. The van der Waals surface area contributed by atoms with E-state index in [1.54, 1.807) is 12.1 Å². The number of hydrogen-bond donors (Lipinski definition) is 1. The summed E-state index contributed by atoms with van der Waals surface area (Å²) < 4.78 is 1.38. The Morgan fingerprint density at radius 3 is 2.43 bits per heavy atom. The number of ketones is 1. The third-order valence-corrected chi connectivity index (χ3v) is 3.75. The van der Waals surface area contributed by atoms with E-state index in [1.165, 1.54) is 10.8 Å². The fourth-order valence-electron chi connectivity index (χ4n) is 1.90. The minimum absolute atomic E-state index is 0.116. The molecule has 0 radical (unpaired) electrons. The van der Waals surface area contributed by atoms with Crippen LogP contribution in [-0.4, -0.2) is 15.3 Å². The molecule has 0 unspecified atom stereocenters. The maximum atomic E-state index is 12.2. The summed E-state index contributed by atoms with van der Waals surface area (Å²) >= 11 is 3.04. The molecule has 0 aliphatic heterocycles. The van der Waals surface area contributed by atoms with Crippen molar-refractivity contribution >= 4 is 21.7 Å². The van der Waals surface area contributed by atoms with E-state index in [-0.39, 0.29) is 16.8 Å². The minimum atomic E-state index is -0.602. The highest BCUT2D eigenvalue weighted by Crippen LogP contribution is 2.15. The lowest BCUT2D eigenvalue weighted by Gasteiger charge is -2.07. The van der Waals surface area contributed by atoms with Crippen LogP contribution in [0.25, 0.3) is 0 Å². The van der Waals surface area contributed by atoms with Crippen LogP contribution >= 0.6 is 15.9 Å². The van der Waals surface area contributed by atoms with Gasteiger partial charge in [-0.15, -0.1) is 0 Å². The van der Waals surface area contributed by atoms with Gasteiger partial charge in [-0.3, -0.25) is 19.1 Å². The van der Waals surface area contributed by atoms with Crippen LogP contribution in [-0.2, 0) is 6.54 Å². The smallest absolute Gasteiger partial charge is 0.292 e. The lowest BCUT2D eigenvalue weighted by atomic mass is 10.0. The third kappa shape index (κ3) is 3.58. The SMILES string of the molecule is CC(C)c1ccc(C(=O)Cn2cc(Br)c(=O)[nH]c2=O)cc1. The van der Waals surface area contributed by atoms with Gasteiger partial charge in [0.1, 0.15) is 0 Å². The van der Waals surface area contributed by atoms with E-state index in [0.29, 0.717) is 11.5 Å². The summed E-state index contributed by atoms with van der Waals surface area (Å²) in [6, 6.07) is 7.32. The lowest BCUT2D eigenvalue weighted by Crippen LogP contribution is -2.31. The fourth-order valence-corrected chi connectivity index (χ4v) is 2.25. The van der Waals surface area contributed by atoms with Crippen molar-refractivity contribution in [2.75, 3.05) is 0 Å². The van der Waals surface area contributed by atoms with E-state index in [2.05, 4.69) is 34.8 Å². The van der Waals surface area contributed by atoms with E-state index in [4.69, 9.17) is 0 Å². The van der Waals surface area contributed by atoms with Crippen molar-refractivity contribution in [1.82, 2.24) is 9.55 Å². The zero-order valence-electron chi connectivity index (χ0n) is 11.7.